The lowest BCUT2D eigenvalue weighted by atomic mass is 10.1. The number of rotatable bonds is 8. The summed E-state index contributed by atoms with van der Waals surface area (Å²) in [5.41, 5.74) is 0.621. The molecule has 0 aliphatic carbocycles. The molecule has 0 saturated heterocycles. The third-order valence-corrected chi connectivity index (χ3v) is 4.28. The van der Waals surface area contributed by atoms with Crippen LogP contribution < -0.4 is 4.72 Å². The summed E-state index contributed by atoms with van der Waals surface area (Å²) in [6.45, 7) is 1.90. The normalized spacial score (nSPS) is 12.6. The van der Waals surface area contributed by atoms with Crippen molar-refractivity contribution < 1.29 is 18.3 Å². The second-order valence-electron chi connectivity index (χ2n) is 4.68. The molecule has 0 spiro atoms. The van der Waals surface area contributed by atoms with Gasteiger partial charge in [0.05, 0.1) is 17.4 Å². The molecule has 2 N–H and O–H groups in total. The first-order valence-corrected chi connectivity index (χ1v) is 8.25. The zero-order chi connectivity index (χ0) is 15.9. The molecule has 1 atom stereocenters. The third-order valence-electron chi connectivity index (χ3n) is 2.95. The molecule has 0 bridgehead atoms. The molecule has 7 heteroatoms. The third kappa shape index (κ3) is 5.53. The van der Waals surface area contributed by atoms with Crippen molar-refractivity contribution in [1.29, 1.82) is 5.26 Å². The number of carboxylic acids is 1. The zero-order valence-corrected chi connectivity index (χ0v) is 12.6. The highest BCUT2D eigenvalue weighted by molar-refractivity contribution is 7.88. The van der Waals surface area contributed by atoms with E-state index in [9.17, 15) is 13.2 Å². The fraction of sp³-hybridized carbons (Fsp3) is 0.429. The average molecular weight is 310 g/mol. The molecule has 0 unspecified atom stereocenters. The quantitative estimate of drug-likeness (QED) is 0.758. The molecule has 0 aromatic heterocycles. The lowest BCUT2D eigenvalue weighted by molar-refractivity contribution is -0.139. The largest absolute Gasteiger partial charge is 0.480 e. The van der Waals surface area contributed by atoms with E-state index in [0.717, 1.165) is 6.42 Å². The Balaban J connectivity index is 2.86. The summed E-state index contributed by atoms with van der Waals surface area (Å²) >= 11 is 0. The van der Waals surface area contributed by atoms with Crippen LogP contribution in [-0.4, -0.2) is 25.5 Å². The number of nitriles is 1. The van der Waals surface area contributed by atoms with Gasteiger partial charge in [-0.3, -0.25) is 4.79 Å². The summed E-state index contributed by atoms with van der Waals surface area (Å²) in [5.74, 6) is -1.60. The van der Waals surface area contributed by atoms with Gasteiger partial charge in [-0.25, -0.2) is 13.1 Å². The number of nitrogens with zero attached hydrogens (tertiary/aromatic N) is 1. The lowest BCUT2D eigenvalue weighted by Gasteiger charge is -2.14. The van der Waals surface area contributed by atoms with E-state index < -0.39 is 27.8 Å². The van der Waals surface area contributed by atoms with Gasteiger partial charge in [0, 0.05) is 0 Å². The first kappa shape index (κ1) is 17.1. The number of carbonyl (C=O) groups is 1. The molecule has 21 heavy (non-hydrogen) atoms. The van der Waals surface area contributed by atoms with Gasteiger partial charge >= 0.3 is 5.97 Å². The Hall–Kier alpha value is -1.91. The van der Waals surface area contributed by atoms with E-state index in [1.54, 1.807) is 18.2 Å². The number of unbranched alkanes of at least 4 members (excludes halogenated alkanes) is 1. The standard InChI is InChI=1S/C14H18N2O4S/c1-2-3-8-13(14(17)18)16-21(19,20)10-12-7-5-4-6-11(12)9-15/h4-7,13,16H,2-3,8,10H2,1H3,(H,17,18)/t13-/m0/s1. The van der Waals surface area contributed by atoms with Gasteiger partial charge in [-0.1, -0.05) is 38.0 Å². The molecule has 1 aromatic carbocycles. The number of carboxylic acid groups (broad SMARTS) is 1. The van der Waals surface area contributed by atoms with Crippen LogP contribution in [0.25, 0.3) is 0 Å². The molecule has 114 valence electrons. The second-order valence-corrected chi connectivity index (χ2v) is 6.43. The van der Waals surface area contributed by atoms with Crippen LogP contribution in [-0.2, 0) is 20.6 Å². The monoisotopic (exact) mass is 310 g/mol. The molecule has 6 nitrogen and oxygen atoms in total. The summed E-state index contributed by atoms with van der Waals surface area (Å²) in [4.78, 5) is 11.1. The molecule has 0 fully saturated rings. The van der Waals surface area contributed by atoms with Crippen LogP contribution in [0.5, 0.6) is 0 Å². The van der Waals surface area contributed by atoms with Crippen LogP contribution in [0.3, 0.4) is 0 Å². The maximum absolute atomic E-state index is 12.1. The molecular weight excluding hydrogens is 292 g/mol. The Morgan fingerprint density at radius 3 is 2.67 bits per heavy atom. The van der Waals surface area contributed by atoms with Crippen LogP contribution in [0, 0.1) is 11.3 Å². The van der Waals surface area contributed by atoms with Gasteiger partial charge in [-0.05, 0) is 18.1 Å². The van der Waals surface area contributed by atoms with Gasteiger partial charge in [0.25, 0.3) is 0 Å². The minimum absolute atomic E-state index is 0.241. The SMILES string of the molecule is CCCC[C@H](NS(=O)(=O)Cc1ccccc1C#N)C(=O)O. The highest BCUT2D eigenvalue weighted by Gasteiger charge is 2.24. The zero-order valence-electron chi connectivity index (χ0n) is 11.7. The molecule has 1 aromatic rings. The summed E-state index contributed by atoms with van der Waals surface area (Å²) in [6.07, 6.45) is 1.64. The molecule has 0 aliphatic rings. The van der Waals surface area contributed by atoms with Crippen LogP contribution in [0.15, 0.2) is 24.3 Å². The molecular formula is C14H18N2O4S. The smallest absolute Gasteiger partial charge is 0.321 e. The molecule has 0 heterocycles. The highest BCUT2D eigenvalue weighted by atomic mass is 32.2. The van der Waals surface area contributed by atoms with Crippen molar-refractivity contribution in [3.05, 3.63) is 35.4 Å². The highest BCUT2D eigenvalue weighted by Crippen LogP contribution is 2.12. The molecule has 0 aliphatic heterocycles. The van der Waals surface area contributed by atoms with Crippen molar-refractivity contribution in [2.45, 2.75) is 38.0 Å². The van der Waals surface area contributed by atoms with Gasteiger partial charge in [-0.2, -0.15) is 5.26 Å². The minimum Gasteiger partial charge on any atom is -0.480 e. The summed E-state index contributed by atoms with van der Waals surface area (Å²) in [6, 6.07) is 7.13. The number of aliphatic carboxylic acids is 1. The van der Waals surface area contributed by atoms with E-state index in [0.29, 0.717) is 12.0 Å². The van der Waals surface area contributed by atoms with Crippen LogP contribution >= 0.6 is 0 Å². The van der Waals surface area contributed by atoms with E-state index >= 15 is 0 Å². The van der Waals surface area contributed by atoms with E-state index in [-0.39, 0.29) is 12.0 Å². The fourth-order valence-electron chi connectivity index (χ4n) is 1.86. The number of benzene rings is 1. The van der Waals surface area contributed by atoms with E-state index in [1.165, 1.54) is 6.07 Å². The number of hydrogen-bond donors (Lipinski definition) is 2. The minimum atomic E-state index is -3.82. The first-order valence-electron chi connectivity index (χ1n) is 6.60. The fourth-order valence-corrected chi connectivity index (χ4v) is 3.26. The van der Waals surface area contributed by atoms with Gasteiger partial charge in [0.2, 0.25) is 10.0 Å². The Labute approximate surface area is 124 Å². The van der Waals surface area contributed by atoms with E-state index in [1.807, 2.05) is 13.0 Å². The van der Waals surface area contributed by atoms with Gasteiger partial charge in [0.1, 0.15) is 6.04 Å². The second kappa shape index (κ2) is 7.76. The van der Waals surface area contributed by atoms with Crippen molar-refractivity contribution in [2.24, 2.45) is 0 Å². The van der Waals surface area contributed by atoms with Crippen LogP contribution in [0.1, 0.15) is 37.3 Å². The van der Waals surface area contributed by atoms with Crippen molar-refractivity contribution >= 4 is 16.0 Å². The Morgan fingerprint density at radius 1 is 1.43 bits per heavy atom. The Bertz CT molecular complexity index is 635. The van der Waals surface area contributed by atoms with Crippen molar-refractivity contribution in [1.82, 2.24) is 4.72 Å². The molecule has 0 amide bonds. The summed E-state index contributed by atoms with van der Waals surface area (Å²) < 4.78 is 26.3. The van der Waals surface area contributed by atoms with Crippen LogP contribution in [0.4, 0.5) is 0 Å². The van der Waals surface area contributed by atoms with Gasteiger partial charge < -0.3 is 5.11 Å². The Morgan fingerprint density at radius 2 is 2.10 bits per heavy atom. The number of hydrogen-bond acceptors (Lipinski definition) is 4. The lowest BCUT2D eigenvalue weighted by Crippen LogP contribution is -2.41. The molecule has 0 radical (unpaired) electrons. The van der Waals surface area contributed by atoms with Gasteiger partial charge in [0.15, 0.2) is 0 Å². The van der Waals surface area contributed by atoms with E-state index in [4.69, 9.17) is 10.4 Å². The van der Waals surface area contributed by atoms with Crippen molar-refractivity contribution in [3.8, 4) is 6.07 Å². The van der Waals surface area contributed by atoms with Crippen molar-refractivity contribution in [3.63, 3.8) is 0 Å². The van der Waals surface area contributed by atoms with E-state index in [2.05, 4.69) is 4.72 Å². The average Bonchev–Trinajstić information content (AvgIpc) is 2.43. The molecule has 0 saturated carbocycles. The first-order chi connectivity index (χ1) is 9.89. The van der Waals surface area contributed by atoms with Crippen molar-refractivity contribution in [2.75, 3.05) is 0 Å². The predicted molar refractivity (Wildman–Crippen MR) is 77.9 cm³/mol. The van der Waals surface area contributed by atoms with Gasteiger partial charge in [-0.15, -0.1) is 0 Å². The maximum Gasteiger partial charge on any atom is 0.321 e. The van der Waals surface area contributed by atoms with Crippen LogP contribution in [0.2, 0.25) is 0 Å². The predicted octanol–water partition coefficient (Wildman–Crippen LogP) is 1.62. The number of nitrogens with one attached hydrogen (secondary N) is 1. The Kier molecular flexibility index (Phi) is 6.34. The number of sulfonamides is 1. The molecule has 1 rings (SSSR count). The summed E-state index contributed by atoms with van der Waals surface area (Å²) in [7, 11) is -3.82. The topological polar surface area (TPSA) is 107 Å². The maximum atomic E-state index is 12.1. The summed E-state index contributed by atoms with van der Waals surface area (Å²) in [5, 5.41) is 18.0.